The lowest BCUT2D eigenvalue weighted by molar-refractivity contribution is -0.121. The molecule has 6 heteroatoms. The van der Waals surface area contributed by atoms with Crippen LogP contribution in [0.5, 0.6) is 11.5 Å². The predicted octanol–water partition coefficient (Wildman–Crippen LogP) is 4.45. The van der Waals surface area contributed by atoms with Crippen LogP contribution in [0.1, 0.15) is 11.1 Å². The second kappa shape index (κ2) is 9.83. The van der Waals surface area contributed by atoms with Crippen LogP contribution in [0.3, 0.4) is 0 Å². The standard InChI is InChI=1S/C26H24N2O4/c1-19-6-5-9-22(16-19)31-15-14-28-23-12-11-21(17-24(23)32-18-26(28)30)27-25(29)13-10-20-7-3-2-4-8-20/h2-13,16-17H,14-15,18H2,1H3,(H,27,29)/b13-10+. The second-order valence-corrected chi connectivity index (χ2v) is 7.41. The summed E-state index contributed by atoms with van der Waals surface area (Å²) in [6.07, 6.45) is 3.23. The lowest BCUT2D eigenvalue weighted by Crippen LogP contribution is -2.41. The third kappa shape index (κ3) is 5.35. The molecule has 0 saturated heterocycles. The molecule has 0 atom stereocenters. The van der Waals surface area contributed by atoms with Crippen molar-refractivity contribution in [3.05, 3.63) is 90.0 Å². The van der Waals surface area contributed by atoms with Crippen molar-refractivity contribution in [3.63, 3.8) is 0 Å². The zero-order valence-corrected chi connectivity index (χ0v) is 17.8. The third-order valence-electron chi connectivity index (χ3n) is 4.97. The minimum atomic E-state index is -0.246. The summed E-state index contributed by atoms with van der Waals surface area (Å²) in [5, 5.41) is 2.82. The molecular weight excluding hydrogens is 404 g/mol. The van der Waals surface area contributed by atoms with E-state index in [9.17, 15) is 9.59 Å². The highest BCUT2D eigenvalue weighted by molar-refractivity contribution is 6.03. The van der Waals surface area contributed by atoms with Crippen molar-refractivity contribution in [2.24, 2.45) is 0 Å². The number of carbonyl (C=O) groups excluding carboxylic acids is 2. The first-order chi connectivity index (χ1) is 15.6. The van der Waals surface area contributed by atoms with Crippen LogP contribution in [-0.4, -0.2) is 31.6 Å². The molecule has 6 nitrogen and oxygen atoms in total. The predicted molar refractivity (Wildman–Crippen MR) is 125 cm³/mol. The molecule has 0 bridgehead atoms. The number of nitrogens with one attached hydrogen (secondary N) is 1. The Bertz CT molecular complexity index is 1140. The van der Waals surface area contributed by atoms with Crippen LogP contribution in [0, 0.1) is 6.92 Å². The van der Waals surface area contributed by atoms with Gasteiger partial charge in [-0.25, -0.2) is 0 Å². The van der Waals surface area contributed by atoms with Crippen molar-refractivity contribution >= 4 is 29.3 Å². The van der Waals surface area contributed by atoms with Gasteiger partial charge in [0.15, 0.2) is 6.61 Å². The Balaban J connectivity index is 1.39. The van der Waals surface area contributed by atoms with E-state index in [1.807, 2.05) is 61.5 Å². The molecule has 2 amide bonds. The molecule has 0 radical (unpaired) electrons. The first-order valence-corrected chi connectivity index (χ1v) is 10.4. The Morgan fingerprint density at radius 1 is 1.09 bits per heavy atom. The molecule has 0 aliphatic carbocycles. The van der Waals surface area contributed by atoms with Crippen LogP contribution in [0.25, 0.3) is 6.08 Å². The monoisotopic (exact) mass is 428 g/mol. The van der Waals surface area contributed by atoms with Crippen molar-refractivity contribution < 1.29 is 19.1 Å². The highest BCUT2D eigenvalue weighted by Gasteiger charge is 2.25. The molecule has 0 saturated carbocycles. The van der Waals surface area contributed by atoms with Crippen LogP contribution in [0.15, 0.2) is 78.9 Å². The van der Waals surface area contributed by atoms with Gasteiger partial charge in [0, 0.05) is 17.8 Å². The van der Waals surface area contributed by atoms with Crippen LogP contribution in [0.4, 0.5) is 11.4 Å². The van der Waals surface area contributed by atoms with Crippen molar-refractivity contribution in [3.8, 4) is 11.5 Å². The van der Waals surface area contributed by atoms with E-state index in [2.05, 4.69) is 5.32 Å². The number of nitrogens with zero attached hydrogens (tertiary/aromatic N) is 1. The van der Waals surface area contributed by atoms with E-state index >= 15 is 0 Å². The molecule has 162 valence electrons. The number of hydrogen-bond donors (Lipinski definition) is 1. The second-order valence-electron chi connectivity index (χ2n) is 7.41. The van der Waals surface area contributed by atoms with Gasteiger partial charge in [0.1, 0.15) is 18.1 Å². The summed E-state index contributed by atoms with van der Waals surface area (Å²) in [7, 11) is 0. The molecule has 32 heavy (non-hydrogen) atoms. The van der Waals surface area contributed by atoms with Crippen molar-refractivity contribution in [1.29, 1.82) is 0 Å². The normalized spacial score (nSPS) is 12.9. The van der Waals surface area contributed by atoms with Crippen LogP contribution in [0.2, 0.25) is 0 Å². The lowest BCUT2D eigenvalue weighted by atomic mass is 10.2. The van der Waals surface area contributed by atoms with Crippen LogP contribution >= 0.6 is 0 Å². The van der Waals surface area contributed by atoms with Gasteiger partial charge in [-0.15, -0.1) is 0 Å². The number of benzene rings is 3. The molecule has 4 rings (SSSR count). The topological polar surface area (TPSA) is 67.9 Å². The van der Waals surface area contributed by atoms with Gasteiger partial charge in [0.05, 0.1) is 12.2 Å². The average Bonchev–Trinajstić information content (AvgIpc) is 2.80. The van der Waals surface area contributed by atoms with Crippen LogP contribution in [-0.2, 0) is 9.59 Å². The van der Waals surface area contributed by atoms with E-state index in [1.165, 1.54) is 6.08 Å². The molecule has 0 aromatic heterocycles. The fourth-order valence-electron chi connectivity index (χ4n) is 3.41. The summed E-state index contributed by atoms with van der Waals surface area (Å²) in [5.41, 5.74) is 3.31. The fourth-order valence-corrected chi connectivity index (χ4v) is 3.41. The highest BCUT2D eigenvalue weighted by Crippen LogP contribution is 2.34. The number of hydrogen-bond acceptors (Lipinski definition) is 4. The maximum Gasteiger partial charge on any atom is 0.265 e. The number of rotatable bonds is 7. The number of carbonyl (C=O) groups is 2. The van der Waals surface area contributed by atoms with Crippen molar-refractivity contribution in [2.45, 2.75) is 6.92 Å². The van der Waals surface area contributed by atoms with Gasteiger partial charge in [-0.2, -0.15) is 0 Å². The molecule has 0 spiro atoms. The van der Waals surface area contributed by atoms with Gasteiger partial charge in [0.25, 0.3) is 5.91 Å². The zero-order valence-electron chi connectivity index (χ0n) is 17.8. The van der Waals surface area contributed by atoms with E-state index in [-0.39, 0.29) is 18.4 Å². The number of fused-ring (bicyclic) bond motifs is 1. The summed E-state index contributed by atoms with van der Waals surface area (Å²) in [5.74, 6) is 0.939. The summed E-state index contributed by atoms with van der Waals surface area (Å²) in [4.78, 5) is 26.3. The van der Waals surface area contributed by atoms with E-state index < -0.39 is 0 Å². The summed E-state index contributed by atoms with van der Waals surface area (Å²) < 4.78 is 11.4. The number of ether oxygens (including phenoxy) is 2. The van der Waals surface area contributed by atoms with E-state index in [0.29, 0.717) is 30.3 Å². The van der Waals surface area contributed by atoms with Gasteiger partial charge in [-0.1, -0.05) is 42.5 Å². The maximum atomic E-state index is 12.4. The fraction of sp³-hybridized carbons (Fsp3) is 0.154. The maximum absolute atomic E-state index is 12.4. The van der Waals surface area contributed by atoms with Gasteiger partial charge < -0.3 is 19.7 Å². The largest absolute Gasteiger partial charge is 0.492 e. The quantitative estimate of drug-likeness (QED) is 0.565. The first kappa shape index (κ1) is 21.2. The lowest BCUT2D eigenvalue weighted by Gasteiger charge is -2.29. The highest BCUT2D eigenvalue weighted by atomic mass is 16.5. The van der Waals surface area contributed by atoms with Crippen molar-refractivity contribution in [2.75, 3.05) is 30.0 Å². The van der Waals surface area contributed by atoms with Crippen LogP contribution < -0.4 is 19.7 Å². The van der Waals surface area contributed by atoms with E-state index in [4.69, 9.17) is 9.47 Å². The molecule has 1 aliphatic rings. The molecule has 3 aromatic carbocycles. The van der Waals surface area contributed by atoms with Gasteiger partial charge in [0.2, 0.25) is 5.91 Å². The number of anilines is 2. The molecule has 0 unspecified atom stereocenters. The molecule has 1 N–H and O–H groups in total. The number of aryl methyl sites for hydroxylation is 1. The van der Waals surface area contributed by atoms with Crippen molar-refractivity contribution in [1.82, 2.24) is 0 Å². The molecule has 0 fully saturated rings. The Kier molecular flexibility index (Phi) is 6.51. The summed E-state index contributed by atoms with van der Waals surface area (Å²) >= 11 is 0. The van der Waals surface area contributed by atoms with E-state index in [0.717, 1.165) is 16.9 Å². The Labute approximate surface area is 187 Å². The Morgan fingerprint density at radius 2 is 1.94 bits per heavy atom. The van der Waals surface area contributed by atoms with Gasteiger partial charge >= 0.3 is 0 Å². The van der Waals surface area contributed by atoms with Gasteiger partial charge in [-0.05, 0) is 48.4 Å². The Hall–Kier alpha value is -4.06. The SMILES string of the molecule is Cc1cccc(OCCN2C(=O)COc3cc(NC(=O)/C=C/c4ccccc4)ccc32)c1. The third-order valence-corrected chi connectivity index (χ3v) is 4.97. The molecule has 3 aromatic rings. The van der Waals surface area contributed by atoms with Gasteiger partial charge in [-0.3, -0.25) is 9.59 Å². The van der Waals surface area contributed by atoms with E-state index in [1.54, 1.807) is 29.2 Å². The minimum absolute atomic E-state index is 0.0528. The minimum Gasteiger partial charge on any atom is -0.492 e. The first-order valence-electron chi connectivity index (χ1n) is 10.4. The summed E-state index contributed by atoms with van der Waals surface area (Å²) in [6.45, 7) is 2.71. The molecule has 1 heterocycles. The molecule has 1 aliphatic heterocycles. The summed E-state index contributed by atoms with van der Waals surface area (Å²) in [6, 6.07) is 22.6. The molecular formula is C26H24N2O4. The Morgan fingerprint density at radius 3 is 2.75 bits per heavy atom. The smallest absolute Gasteiger partial charge is 0.265 e. The average molecular weight is 428 g/mol. The number of amides is 2. The zero-order chi connectivity index (χ0) is 22.3.